The maximum Gasteiger partial charge on any atom is 0.283 e. The zero-order valence-electron chi connectivity index (χ0n) is 12.2. The van der Waals surface area contributed by atoms with Gasteiger partial charge in [0.15, 0.2) is 0 Å². The standard InChI is InChI=1S/C15H12Cl2N2O3S/c1-9-3-5-12(6-4-9)23(21,22)19-10(2)18-11-7-13(16)15(20)14(17)8-11/h3-8H,1-2H3/b19-10+. The molecule has 1 aromatic carbocycles. The molecule has 0 aliphatic heterocycles. The zero-order chi connectivity index (χ0) is 17.2. The number of aliphatic imine (C=N–C) groups is 1. The van der Waals surface area contributed by atoms with E-state index in [9.17, 15) is 13.2 Å². The van der Waals surface area contributed by atoms with Crippen molar-refractivity contribution >= 4 is 50.6 Å². The lowest BCUT2D eigenvalue weighted by molar-refractivity contribution is -0.111. The third-order valence-corrected chi connectivity index (χ3v) is 4.78. The summed E-state index contributed by atoms with van der Waals surface area (Å²) < 4.78 is 28.0. The van der Waals surface area contributed by atoms with Gasteiger partial charge in [-0.15, -0.1) is 4.40 Å². The van der Waals surface area contributed by atoms with Crippen LogP contribution in [0.1, 0.15) is 12.5 Å². The minimum Gasteiger partial charge on any atom is -0.287 e. The number of sulfonamides is 1. The molecule has 8 heteroatoms. The van der Waals surface area contributed by atoms with Crippen molar-refractivity contribution in [1.29, 1.82) is 0 Å². The van der Waals surface area contributed by atoms with Gasteiger partial charge in [-0.2, -0.15) is 8.42 Å². The van der Waals surface area contributed by atoms with Crippen molar-refractivity contribution in [3.05, 3.63) is 52.0 Å². The van der Waals surface area contributed by atoms with Crippen molar-refractivity contribution in [3.8, 4) is 0 Å². The van der Waals surface area contributed by atoms with Crippen molar-refractivity contribution < 1.29 is 13.2 Å². The summed E-state index contributed by atoms with van der Waals surface area (Å²) in [7, 11) is -3.86. The molecule has 1 aliphatic carbocycles. The molecular weight excluding hydrogens is 359 g/mol. The largest absolute Gasteiger partial charge is 0.287 e. The molecule has 0 atom stereocenters. The van der Waals surface area contributed by atoms with E-state index in [1.165, 1.54) is 31.2 Å². The van der Waals surface area contributed by atoms with Gasteiger partial charge in [-0.1, -0.05) is 40.9 Å². The summed E-state index contributed by atoms with van der Waals surface area (Å²) in [5.74, 6) is -0.509. The van der Waals surface area contributed by atoms with Crippen molar-refractivity contribution in [2.45, 2.75) is 18.7 Å². The number of allylic oxidation sites excluding steroid dienone is 4. The Morgan fingerprint density at radius 2 is 1.57 bits per heavy atom. The van der Waals surface area contributed by atoms with Crippen LogP contribution < -0.4 is 0 Å². The third-order valence-electron chi connectivity index (χ3n) is 2.85. The van der Waals surface area contributed by atoms with E-state index in [0.717, 1.165) is 5.56 Å². The Kier molecular flexibility index (Phi) is 5.19. The molecule has 1 aromatic rings. The smallest absolute Gasteiger partial charge is 0.283 e. The van der Waals surface area contributed by atoms with E-state index in [2.05, 4.69) is 9.39 Å². The lowest BCUT2D eigenvalue weighted by Gasteiger charge is -2.05. The van der Waals surface area contributed by atoms with Crippen LogP contribution in [-0.2, 0) is 14.8 Å². The number of hydrogen-bond donors (Lipinski definition) is 0. The monoisotopic (exact) mass is 370 g/mol. The maximum atomic E-state index is 12.2. The van der Waals surface area contributed by atoms with E-state index in [-0.39, 0.29) is 26.5 Å². The lowest BCUT2D eigenvalue weighted by Crippen LogP contribution is -2.09. The number of aryl methyl sites for hydroxylation is 1. The molecule has 1 aliphatic rings. The predicted octanol–water partition coefficient (Wildman–Crippen LogP) is 3.37. The van der Waals surface area contributed by atoms with Gasteiger partial charge in [-0.3, -0.25) is 4.79 Å². The normalized spacial score (nSPS) is 16.1. The first-order chi connectivity index (χ1) is 10.7. The van der Waals surface area contributed by atoms with Gasteiger partial charge in [0.25, 0.3) is 10.0 Å². The number of Topliss-reactive ketones (excluding diaryl/α,β-unsaturated/α-hetero) is 1. The molecule has 0 spiro atoms. The van der Waals surface area contributed by atoms with Crippen LogP contribution in [0.4, 0.5) is 0 Å². The Morgan fingerprint density at radius 3 is 2.09 bits per heavy atom. The number of carbonyl (C=O) groups excluding carboxylic acids is 1. The van der Waals surface area contributed by atoms with Gasteiger partial charge >= 0.3 is 0 Å². The second-order valence-electron chi connectivity index (χ2n) is 4.78. The fourth-order valence-electron chi connectivity index (χ4n) is 1.76. The molecule has 0 saturated heterocycles. The zero-order valence-corrected chi connectivity index (χ0v) is 14.6. The highest BCUT2D eigenvalue weighted by Crippen LogP contribution is 2.20. The van der Waals surface area contributed by atoms with Crippen molar-refractivity contribution in [2.75, 3.05) is 0 Å². The molecule has 0 fully saturated rings. The molecule has 0 amide bonds. The first kappa shape index (κ1) is 17.6. The molecule has 0 saturated carbocycles. The summed E-state index contributed by atoms with van der Waals surface area (Å²) in [5.41, 5.74) is 1.19. The molecule has 0 bridgehead atoms. The minimum absolute atomic E-state index is 0.00337. The van der Waals surface area contributed by atoms with Crippen molar-refractivity contribution in [3.63, 3.8) is 0 Å². The first-order valence-electron chi connectivity index (χ1n) is 6.45. The van der Waals surface area contributed by atoms with Gasteiger partial charge in [0.2, 0.25) is 5.78 Å². The molecule has 0 aromatic heterocycles. The van der Waals surface area contributed by atoms with E-state index in [4.69, 9.17) is 23.2 Å². The number of halogens is 2. The second kappa shape index (κ2) is 6.78. The number of carbonyl (C=O) groups is 1. The van der Waals surface area contributed by atoms with E-state index < -0.39 is 15.8 Å². The Labute approximate surface area is 144 Å². The van der Waals surface area contributed by atoms with Crippen LogP contribution in [0.3, 0.4) is 0 Å². The van der Waals surface area contributed by atoms with Crippen LogP contribution in [-0.4, -0.2) is 25.7 Å². The quantitative estimate of drug-likeness (QED) is 0.454. The Bertz CT molecular complexity index is 856. The molecular formula is C15H12Cl2N2O3S. The van der Waals surface area contributed by atoms with Crippen LogP contribution in [0.15, 0.2) is 60.8 Å². The highest BCUT2D eigenvalue weighted by atomic mass is 35.5. The summed E-state index contributed by atoms with van der Waals surface area (Å²) >= 11 is 11.5. The van der Waals surface area contributed by atoms with E-state index in [0.29, 0.717) is 0 Å². The molecule has 120 valence electrons. The average Bonchev–Trinajstić information content (AvgIpc) is 2.44. The highest BCUT2D eigenvalue weighted by molar-refractivity contribution is 7.90. The number of hydrogen-bond acceptors (Lipinski definition) is 3. The van der Waals surface area contributed by atoms with Gasteiger partial charge in [-0.05, 0) is 38.1 Å². The fourth-order valence-corrected chi connectivity index (χ4v) is 3.20. The summed E-state index contributed by atoms with van der Waals surface area (Å²) in [6.45, 7) is 3.28. The summed E-state index contributed by atoms with van der Waals surface area (Å²) in [5, 5.41) is -0.184. The number of amidine groups is 1. The lowest BCUT2D eigenvalue weighted by atomic mass is 10.1. The van der Waals surface area contributed by atoms with Gasteiger partial charge in [0.1, 0.15) is 5.84 Å². The number of ketones is 1. The average molecular weight is 371 g/mol. The number of rotatable bonds is 2. The van der Waals surface area contributed by atoms with Crippen LogP contribution in [0, 0.1) is 6.92 Å². The summed E-state index contributed by atoms with van der Waals surface area (Å²) in [6.07, 6.45) is 2.60. The molecule has 0 N–H and O–H groups in total. The van der Waals surface area contributed by atoms with Gasteiger partial charge < -0.3 is 0 Å². The molecule has 2 rings (SSSR count). The van der Waals surface area contributed by atoms with Gasteiger partial charge in [0.05, 0.1) is 20.7 Å². The first-order valence-corrected chi connectivity index (χ1v) is 8.65. The van der Waals surface area contributed by atoms with E-state index >= 15 is 0 Å². The van der Waals surface area contributed by atoms with Crippen LogP contribution in [0.5, 0.6) is 0 Å². The predicted molar refractivity (Wildman–Crippen MR) is 91.8 cm³/mol. The summed E-state index contributed by atoms with van der Waals surface area (Å²) in [6, 6.07) is 6.31. The van der Waals surface area contributed by atoms with Gasteiger partial charge in [0, 0.05) is 0 Å². The molecule has 0 unspecified atom stereocenters. The van der Waals surface area contributed by atoms with Crippen LogP contribution in [0.2, 0.25) is 0 Å². The van der Waals surface area contributed by atoms with Crippen LogP contribution in [0.25, 0.3) is 0 Å². The topological polar surface area (TPSA) is 75.9 Å². The SMILES string of the molecule is C/C(N=C1C=C(Cl)C(=O)C(Cl)=C1)=N\S(=O)(=O)c1ccc(C)cc1. The fraction of sp³-hybridized carbons (Fsp3) is 0.133. The maximum absolute atomic E-state index is 12.2. The molecule has 0 radical (unpaired) electrons. The Morgan fingerprint density at radius 1 is 1.04 bits per heavy atom. The van der Waals surface area contributed by atoms with Gasteiger partial charge in [-0.25, -0.2) is 4.99 Å². The Balaban J connectivity index is 2.35. The Hall–Kier alpha value is -1.76. The second-order valence-corrected chi connectivity index (χ2v) is 7.20. The van der Waals surface area contributed by atoms with E-state index in [1.807, 2.05) is 6.92 Å². The number of benzene rings is 1. The molecule has 23 heavy (non-hydrogen) atoms. The number of nitrogens with zero attached hydrogens (tertiary/aromatic N) is 2. The van der Waals surface area contributed by atoms with E-state index in [1.54, 1.807) is 12.1 Å². The highest BCUT2D eigenvalue weighted by Gasteiger charge is 2.18. The van der Waals surface area contributed by atoms with Crippen molar-refractivity contribution in [1.82, 2.24) is 0 Å². The molecule has 5 nitrogen and oxygen atoms in total. The van der Waals surface area contributed by atoms with Crippen molar-refractivity contribution in [2.24, 2.45) is 9.39 Å². The summed E-state index contributed by atoms with van der Waals surface area (Å²) in [4.78, 5) is 15.5. The minimum atomic E-state index is -3.86. The third kappa shape index (κ3) is 4.37. The van der Waals surface area contributed by atoms with Crippen LogP contribution >= 0.6 is 23.2 Å². The molecule has 0 heterocycles.